The topological polar surface area (TPSA) is 49.9 Å². The second-order valence-electron chi connectivity index (χ2n) is 6.06. The molecule has 2 amide bonds. The predicted molar refractivity (Wildman–Crippen MR) is 95.2 cm³/mol. The highest BCUT2D eigenvalue weighted by Gasteiger charge is 2.40. The molecule has 0 N–H and O–H groups in total. The van der Waals surface area contributed by atoms with Crippen LogP contribution in [0.4, 0.5) is 0 Å². The summed E-state index contributed by atoms with van der Waals surface area (Å²) in [5, 5.41) is 0. The van der Waals surface area contributed by atoms with Crippen LogP contribution in [0.3, 0.4) is 0 Å². The zero-order valence-electron chi connectivity index (χ0n) is 14.2. The molecule has 1 aromatic rings. The number of amides is 2. The minimum absolute atomic E-state index is 0.0567. The Labute approximate surface area is 147 Å². The van der Waals surface area contributed by atoms with E-state index in [1.165, 1.54) is 0 Å². The van der Waals surface area contributed by atoms with E-state index in [9.17, 15) is 9.59 Å². The van der Waals surface area contributed by atoms with Gasteiger partial charge in [-0.3, -0.25) is 9.59 Å². The Morgan fingerprint density at radius 3 is 2.79 bits per heavy atom. The Hall–Kier alpha value is -1.69. The SMILES string of the molecule is CCN(CC)C(=O)C1CSCN1C(=O)C1CCOc2ccccc21. The summed E-state index contributed by atoms with van der Waals surface area (Å²) in [6, 6.07) is 7.39. The van der Waals surface area contributed by atoms with E-state index in [2.05, 4.69) is 0 Å². The third kappa shape index (κ3) is 3.11. The molecule has 2 aliphatic heterocycles. The summed E-state index contributed by atoms with van der Waals surface area (Å²) in [7, 11) is 0. The Balaban J connectivity index is 1.81. The number of hydrogen-bond donors (Lipinski definition) is 0. The zero-order chi connectivity index (χ0) is 17.1. The van der Waals surface area contributed by atoms with Crippen LogP contribution in [0.2, 0.25) is 0 Å². The summed E-state index contributed by atoms with van der Waals surface area (Å²) < 4.78 is 5.66. The fraction of sp³-hybridized carbons (Fsp3) is 0.556. The Bertz CT molecular complexity index is 618. The number of carbonyl (C=O) groups is 2. The Kier molecular flexibility index (Phi) is 5.33. The largest absolute Gasteiger partial charge is 0.493 e. The summed E-state index contributed by atoms with van der Waals surface area (Å²) in [4.78, 5) is 29.5. The van der Waals surface area contributed by atoms with Crippen LogP contribution in [0.5, 0.6) is 5.75 Å². The van der Waals surface area contributed by atoms with Gasteiger partial charge in [-0.25, -0.2) is 0 Å². The Morgan fingerprint density at radius 2 is 2.04 bits per heavy atom. The number of rotatable bonds is 4. The number of likely N-dealkylation sites (N-methyl/N-ethyl adjacent to an activating group) is 1. The normalized spacial score (nSPS) is 22.7. The number of carbonyl (C=O) groups excluding carboxylic acids is 2. The summed E-state index contributed by atoms with van der Waals surface area (Å²) in [6.07, 6.45) is 0.670. The molecule has 2 heterocycles. The first-order valence-corrected chi connectivity index (χ1v) is 9.71. The highest BCUT2D eigenvalue weighted by atomic mass is 32.2. The van der Waals surface area contributed by atoms with Crippen molar-refractivity contribution >= 4 is 23.6 Å². The molecule has 2 aliphatic rings. The number of nitrogens with zero attached hydrogens (tertiary/aromatic N) is 2. The first-order valence-electron chi connectivity index (χ1n) is 8.56. The van der Waals surface area contributed by atoms with Crippen LogP contribution in [0, 0.1) is 0 Å². The molecule has 0 bridgehead atoms. The molecule has 0 radical (unpaired) electrons. The molecule has 3 rings (SSSR count). The summed E-state index contributed by atoms with van der Waals surface area (Å²) in [5.41, 5.74) is 0.944. The van der Waals surface area contributed by atoms with E-state index in [4.69, 9.17) is 4.74 Å². The van der Waals surface area contributed by atoms with Crippen molar-refractivity contribution in [1.82, 2.24) is 9.80 Å². The lowest BCUT2D eigenvalue weighted by Crippen LogP contribution is -2.50. The van der Waals surface area contributed by atoms with Crippen molar-refractivity contribution in [2.75, 3.05) is 31.3 Å². The molecule has 130 valence electrons. The lowest BCUT2D eigenvalue weighted by molar-refractivity contribution is -0.144. The van der Waals surface area contributed by atoms with E-state index in [-0.39, 0.29) is 23.8 Å². The van der Waals surface area contributed by atoms with Gasteiger partial charge in [0.05, 0.1) is 18.4 Å². The molecule has 0 saturated carbocycles. The number of fused-ring (bicyclic) bond motifs is 1. The van der Waals surface area contributed by atoms with Crippen molar-refractivity contribution in [1.29, 1.82) is 0 Å². The van der Waals surface area contributed by atoms with Gasteiger partial charge in [0.2, 0.25) is 11.8 Å². The third-order valence-electron chi connectivity index (χ3n) is 4.78. The van der Waals surface area contributed by atoms with Crippen LogP contribution in [0.1, 0.15) is 31.7 Å². The van der Waals surface area contributed by atoms with Crippen LogP contribution in [-0.2, 0) is 9.59 Å². The third-order valence-corrected chi connectivity index (χ3v) is 5.79. The van der Waals surface area contributed by atoms with Crippen LogP contribution >= 0.6 is 11.8 Å². The molecular weight excluding hydrogens is 324 g/mol. The number of ether oxygens (including phenoxy) is 1. The van der Waals surface area contributed by atoms with E-state index in [1.54, 1.807) is 16.7 Å². The highest BCUT2D eigenvalue weighted by Crippen LogP contribution is 2.36. The maximum Gasteiger partial charge on any atom is 0.246 e. The van der Waals surface area contributed by atoms with Crippen molar-refractivity contribution in [2.24, 2.45) is 0 Å². The number of hydrogen-bond acceptors (Lipinski definition) is 4. The van der Waals surface area contributed by atoms with Crippen molar-refractivity contribution in [3.05, 3.63) is 29.8 Å². The minimum Gasteiger partial charge on any atom is -0.493 e. The monoisotopic (exact) mass is 348 g/mol. The molecule has 6 heteroatoms. The lowest BCUT2D eigenvalue weighted by atomic mass is 9.91. The van der Waals surface area contributed by atoms with Gasteiger partial charge in [-0.05, 0) is 26.3 Å². The molecular formula is C18H24N2O3S. The number of benzene rings is 1. The summed E-state index contributed by atoms with van der Waals surface area (Å²) >= 11 is 1.66. The van der Waals surface area contributed by atoms with E-state index in [0.717, 1.165) is 11.3 Å². The van der Waals surface area contributed by atoms with Gasteiger partial charge >= 0.3 is 0 Å². The van der Waals surface area contributed by atoms with Gasteiger partial charge in [0.15, 0.2) is 0 Å². The first-order chi connectivity index (χ1) is 11.7. The number of thioether (sulfide) groups is 1. The van der Waals surface area contributed by atoms with E-state index >= 15 is 0 Å². The molecule has 0 aliphatic carbocycles. The fourth-order valence-electron chi connectivity index (χ4n) is 3.41. The molecule has 1 fully saturated rings. The molecule has 2 atom stereocenters. The second-order valence-corrected chi connectivity index (χ2v) is 7.06. The van der Waals surface area contributed by atoms with Gasteiger partial charge in [-0.1, -0.05) is 18.2 Å². The molecule has 2 unspecified atom stereocenters. The van der Waals surface area contributed by atoms with Crippen molar-refractivity contribution in [3.8, 4) is 5.75 Å². The van der Waals surface area contributed by atoms with Gasteiger partial charge in [-0.2, -0.15) is 0 Å². The average molecular weight is 348 g/mol. The average Bonchev–Trinajstić information content (AvgIpc) is 3.11. The minimum atomic E-state index is -0.336. The number of para-hydroxylation sites is 1. The predicted octanol–water partition coefficient (Wildman–Crippen LogP) is 2.32. The van der Waals surface area contributed by atoms with E-state index in [1.807, 2.05) is 43.0 Å². The standard InChI is InChI=1S/C18H24N2O3S/c1-3-19(4-2)18(22)15-11-24-12-20(15)17(21)14-9-10-23-16-8-6-5-7-13(14)16/h5-8,14-15H,3-4,9-12H2,1-2H3. The molecule has 0 aromatic heterocycles. The van der Waals surface area contributed by atoms with Gasteiger partial charge in [0.25, 0.3) is 0 Å². The van der Waals surface area contributed by atoms with Gasteiger partial charge < -0.3 is 14.5 Å². The second kappa shape index (κ2) is 7.47. The maximum absolute atomic E-state index is 13.2. The first kappa shape index (κ1) is 17.1. The lowest BCUT2D eigenvalue weighted by Gasteiger charge is -2.32. The smallest absolute Gasteiger partial charge is 0.246 e. The Morgan fingerprint density at radius 1 is 1.29 bits per heavy atom. The highest BCUT2D eigenvalue weighted by molar-refractivity contribution is 7.99. The summed E-state index contributed by atoms with van der Waals surface area (Å²) in [5.74, 6) is 1.99. The molecule has 0 spiro atoms. The van der Waals surface area contributed by atoms with Gasteiger partial charge in [-0.15, -0.1) is 11.8 Å². The van der Waals surface area contributed by atoms with Gasteiger partial charge in [0.1, 0.15) is 11.8 Å². The molecule has 1 aromatic carbocycles. The quantitative estimate of drug-likeness (QED) is 0.838. The van der Waals surface area contributed by atoms with Crippen molar-refractivity contribution in [3.63, 3.8) is 0 Å². The van der Waals surface area contributed by atoms with Crippen LogP contribution in [0.15, 0.2) is 24.3 Å². The summed E-state index contributed by atoms with van der Waals surface area (Å²) in [6.45, 7) is 5.86. The molecule has 5 nitrogen and oxygen atoms in total. The van der Waals surface area contributed by atoms with Crippen LogP contribution < -0.4 is 4.74 Å². The van der Waals surface area contributed by atoms with E-state index in [0.29, 0.717) is 37.7 Å². The van der Waals surface area contributed by atoms with E-state index < -0.39 is 0 Å². The molecule has 1 saturated heterocycles. The van der Waals surface area contributed by atoms with Crippen molar-refractivity contribution in [2.45, 2.75) is 32.2 Å². The van der Waals surface area contributed by atoms with Crippen molar-refractivity contribution < 1.29 is 14.3 Å². The van der Waals surface area contributed by atoms with Gasteiger partial charge in [0, 0.05) is 24.4 Å². The van der Waals surface area contributed by atoms with Crippen LogP contribution in [0.25, 0.3) is 0 Å². The van der Waals surface area contributed by atoms with Crippen LogP contribution in [-0.4, -0.2) is 59.0 Å². The zero-order valence-corrected chi connectivity index (χ0v) is 15.1. The molecule has 24 heavy (non-hydrogen) atoms. The maximum atomic E-state index is 13.2. The fourth-order valence-corrected chi connectivity index (χ4v) is 4.56.